The normalized spacial score (nSPS) is 29.8. The van der Waals surface area contributed by atoms with Crippen LogP contribution in [0.4, 0.5) is 0 Å². The van der Waals surface area contributed by atoms with E-state index in [2.05, 4.69) is 6.58 Å². The average molecular weight is 286 g/mol. The molecular weight excluding hydrogens is 264 g/mol. The van der Waals surface area contributed by atoms with Crippen LogP contribution in [-0.4, -0.2) is 17.2 Å². The van der Waals surface area contributed by atoms with Gasteiger partial charge in [0.1, 0.15) is 6.10 Å². The fraction of sp³-hybridized carbons (Fsp3) is 0.500. The summed E-state index contributed by atoms with van der Waals surface area (Å²) in [6.45, 7) is 4.15. The zero-order valence-corrected chi connectivity index (χ0v) is 12.2. The summed E-state index contributed by atoms with van der Waals surface area (Å²) in [5.41, 5.74) is 1.80. The molecule has 4 atom stereocenters. The molecule has 2 aliphatic rings. The van der Waals surface area contributed by atoms with Crippen molar-refractivity contribution in [3.05, 3.63) is 48.0 Å². The zero-order chi connectivity index (χ0) is 14.8. The van der Waals surface area contributed by atoms with E-state index in [0.29, 0.717) is 17.4 Å². The lowest BCUT2D eigenvalue weighted by atomic mass is 9.80. The molecule has 0 aliphatic heterocycles. The van der Waals surface area contributed by atoms with E-state index >= 15 is 0 Å². The molecule has 21 heavy (non-hydrogen) atoms. The highest BCUT2D eigenvalue weighted by molar-refractivity contribution is 5.76. The van der Waals surface area contributed by atoms with Crippen molar-refractivity contribution in [1.82, 2.24) is 0 Å². The Morgan fingerprint density at radius 1 is 1.24 bits per heavy atom. The van der Waals surface area contributed by atoms with Crippen molar-refractivity contribution < 1.29 is 14.6 Å². The van der Waals surface area contributed by atoms with Gasteiger partial charge in [-0.2, -0.15) is 0 Å². The lowest BCUT2D eigenvalue weighted by Gasteiger charge is -2.29. The van der Waals surface area contributed by atoms with Crippen molar-refractivity contribution in [2.24, 2.45) is 11.8 Å². The van der Waals surface area contributed by atoms with Crippen LogP contribution in [0.25, 0.3) is 0 Å². The molecule has 0 spiro atoms. The number of rotatable bonds is 3. The van der Waals surface area contributed by atoms with Gasteiger partial charge in [0, 0.05) is 12.3 Å². The van der Waals surface area contributed by atoms with E-state index in [1.807, 2.05) is 6.07 Å². The van der Waals surface area contributed by atoms with Crippen molar-refractivity contribution in [3.8, 4) is 0 Å². The summed E-state index contributed by atoms with van der Waals surface area (Å²) < 4.78 is 5.62. The smallest absolute Gasteiger partial charge is 0.339 e. The van der Waals surface area contributed by atoms with Crippen molar-refractivity contribution in [1.29, 1.82) is 0 Å². The quantitative estimate of drug-likeness (QED) is 0.684. The predicted octanol–water partition coefficient (Wildman–Crippen LogP) is 3.40. The van der Waals surface area contributed by atoms with Gasteiger partial charge in [0.2, 0.25) is 0 Å². The number of benzene rings is 1. The minimum atomic E-state index is -1.19. The predicted molar refractivity (Wildman–Crippen MR) is 80.5 cm³/mol. The Kier molecular flexibility index (Phi) is 4.11. The number of carbonyl (C=O) groups excluding carboxylic acids is 1. The van der Waals surface area contributed by atoms with Gasteiger partial charge in [-0.3, -0.25) is 0 Å². The lowest BCUT2D eigenvalue weighted by Crippen LogP contribution is -2.29. The number of aliphatic hydroxyl groups is 1. The number of ether oxygens (including phenoxy) is 1. The number of aliphatic hydroxyl groups excluding tert-OH is 1. The Labute approximate surface area is 125 Å². The molecular formula is C18H22O3. The molecule has 2 aliphatic carbocycles. The lowest BCUT2D eigenvalue weighted by molar-refractivity contribution is -0.162. The van der Waals surface area contributed by atoms with Crippen molar-refractivity contribution in [3.63, 3.8) is 0 Å². The fourth-order valence-corrected chi connectivity index (χ4v) is 3.79. The van der Waals surface area contributed by atoms with E-state index in [1.54, 1.807) is 24.3 Å². The molecule has 0 bridgehead atoms. The van der Waals surface area contributed by atoms with Gasteiger partial charge in [-0.15, -0.1) is 0 Å². The molecule has 1 N–H and O–H groups in total. The summed E-state index contributed by atoms with van der Waals surface area (Å²) in [7, 11) is 0. The Morgan fingerprint density at radius 2 is 1.95 bits per heavy atom. The van der Waals surface area contributed by atoms with E-state index in [4.69, 9.17) is 4.74 Å². The first-order valence-corrected chi connectivity index (χ1v) is 7.78. The highest BCUT2D eigenvalue weighted by Gasteiger charge is 2.42. The second kappa shape index (κ2) is 6.02. The Balaban J connectivity index is 1.66. The molecule has 0 radical (unpaired) electrons. The summed E-state index contributed by atoms with van der Waals surface area (Å²) in [4.78, 5) is 12.2. The summed E-state index contributed by atoms with van der Waals surface area (Å²) >= 11 is 0. The van der Waals surface area contributed by atoms with Gasteiger partial charge in [-0.25, -0.2) is 4.79 Å². The van der Waals surface area contributed by atoms with Crippen LogP contribution in [0.3, 0.4) is 0 Å². The number of fused-ring (bicyclic) bond motifs is 1. The van der Waals surface area contributed by atoms with Crippen LogP contribution in [0.15, 0.2) is 42.5 Å². The second-order valence-electron chi connectivity index (χ2n) is 6.21. The number of hydrogen-bond acceptors (Lipinski definition) is 3. The van der Waals surface area contributed by atoms with E-state index in [-0.39, 0.29) is 6.10 Å². The second-order valence-corrected chi connectivity index (χ2v) is 6.21. The monoisotopic (exact) mass is 286 g/mol. The van der Waals surface area contributed by atoms with Crippen molar-refractivity contribution in [2.45, 2.75) is 44.3 Å². The molecule has 2 fully saturated rings. The van der Waals surface area contributed by atoms with Crippen LogP contribution in [0.5, 0.6) is 0 Å². The van der Waals surface area contributed by atoms with Crippen LogP contribution in [0.2, 0.25) is 0 Å². The van der Waals surface area contributed by atoms with E-state index in [9.17, 15) is 9.90 Å². The molecule has 3 heteroatoms. The molecule has 0 aromatic heterocycles. The third-order valence-electron chi connectivity index (χ3n) is 4.89. The maximum Gasteiger partial charge on any atom is 0.339 e. The Hall–Kier alpha value is -1.61. The molecule has 1 aromatic carbocycles. The van der Waals surface area contributed by atoms with Crippen molar-refractivity contribution >= 4 is 5.97 Å². The number of hydrogen-bond donors (Lipinski definition) is 1. The first kappa shape index (κ1) is 14.3. The van der Waals surface area contributed by atoms with Gasteiger partial charge in [0.05, 0.1) is 0 Å². The molecule has 3 rings (SSSR count). The third kappa shape index (κ3) is 2.88. The van der Waals surface area contributed by atoms with Gasteiger partial charge in [0.25, 0.3) is 0 Å². The van der Waals surface area contributed by atoms with Gasteiger partial charge in [-0.05, 0) is 24.3 Å². The fourth-order valence-electron chi connectivity index (χ4n) is 3.79. The largest absolute Gasteiger partial charge is 0.460 e. The minimum absolute atomic E-state index is 0.103. The standard InChI is InChI=1S/C18H22O3/c1-12-11-16(15-10-6-5-9-14(12)15)21-18(20)17(19)13-7-3-2-4-8-13/h2-4,7-8,14-17,19H,1,5-6,9-11H2/t14-,15-,16-,17+/m1/s1. The van der Waals surface area contributed by atoms with Gasteiger partial charge in [-0.1, -0.05) is 55.3 Å². The molecule has 0 unspecified atom stereocenters. The molecule has 112 valence electrons. The van der Waals surface area contributed by atoms with E-state index in [1.165, 1.54) is 24.8 Å². The summed E-state index contributed by atoms with van der Waals surface area (Å²) in [6, 6.07) is 8.95. The first-order valence-electron chi connectivity index (χ1n) is 7.78. The van der Waals surface area contributed by atoms with Gasteiger partial charge >= 0.3 is 5.97 Å². The summed E-state index contributed by atoms with van der Waals surface area (Å²) in [5, 5.41) is 10.1. The van der Waals surface area contributed by atoms with E-state index in [0.717, 1.165) is 12.8 Å². The highest BCUT2D eigenvalue weighted by Crippen LogP contribution is 2.46. The Bertz CT molecular complexity index is 523. The Morgan fingerprint density at radius 3 is 2.71 bits per heavy atom. The van der Waals surface area contributed by atoms with Crippen molar-refractivity contribution in [2.75, 3.05) is 0 Å². The molecule has 0 saturated heterocycles. The summed E-state index contributed by atoms with van der Waals surface area (Å²) in [6.07, 6.45) is 4.16. The highest BCUT2D eigenvalue weighted by atomic mass is 16.6. The molecule has 3 nitrogen and oxygen atoms in total. The third-order valence-corrected chi connectivity index (χ3v) is 4.89. The zero-order valence-electron chi connectivity index (χ0n) is 12.2. The van der Waals surface area contributed by atoms with Crippen LogP contribution < -0.4 is 0 Å². The maximum atomic E-state index is 12.2. The first-order chi connectivity index (χ1) is 10.2. The molecule has 2 saturated carbocycles. The number of esters is 1. The molecule has 1 aromatic rings. The van der Waals surface area contributed by atoms with Crippen LogP contribution in [0, 0.1) is 11.8 Å². The maximum absolute atomic E-state index is 12.2. The molecule has 0 amide bonds. The SMILES string of the molecule is C=C1C[C@@H](OC(=O)[C@@H](O)c2ccccc2)[C@@H]2CCCC[C@H]12. The van der Waals surface area contributed by atoms with E-state index < -0.39 is 12.1 Å². The number of carbonyl (C=O) groups is 1. The van der Waals surface area contributed by atoms with Crippen LogP contribution in [-0.2, 0) is 9.53 Å². The summed E-state index contributed by atoms with van der Waals surface area (Å²) in [5.74, 6) is 0.369. The van der Waals surface area contributed by atoms with Crippen LogP contribution >= 0.6 is 0 Å². The van der Waals surface area contributed by atoms with Gasteiger partial charge < -0.3 is 9.84 Å². The molecule has 0 heterocycles. The average Bonchev–Trinajstić information content (AvgIpc) is 2.84. The van der Waals surface area contributed by atoms with Gasteiger partial charge in [0.15, 0.2) is 6.10 Å². The topological polar surface area (TPSA) is 46.5 Å². The minimum Gasteiger partial charge on any atom is -0.460 e. The van der Waals surface area contributed by atoms with Crippen LogP contribution in [0.1, 0.15) is 43.8 Å².